The molecule has 1 aliphatic heterocycles. The molecule has 2 N–H and O–H groups in total. The molecule has 1 amide bonds. The molecule has 2 atom stereocenters. The third-order valence-corrected chi connectivity index (χ3v) is 2.67. The summed E-state index contributed by atoms with van der Waals surface area (Å²) in [5.74, 6) is -1.46. The van der Waals surface area contributed by atoms with E-state index in [-0.39, 0.29) is 6.61 Å². The lowest BCUT2D eigenvalue weighted by molar-refractivity contribution is -0.153. The largest absolute Gasteiger partial charge is 0.463 e. The van der Waals surface area contributed by atoms with Gasteiger partial charge in [-0.15, -0.1) is 0 Å². The minimum Gasteiger partial charge on any atom is -0.463 e. The van der Waals surface area contributed by atoms with Gasteiger partial charge in [0.15, 0.2) is 0 Å². The van der Waals surface area contributed by atoms with Crippen LogP contribution in [0.2, 0.25) is 0 Å². The number of hydrogen-bond donors (Lipinski definition) is 1. The zero-order valence-corrected chi connectivity index (χ0v) is 8.62. The first-order chi connectivity index (χ1) is 6.44. The Balaban J connectivity index is 2.89. The van der Waals surface area contributed by atoms with Crippen LogP contribution in [0.15, 0.2) is 0 Å². The zero-order chi connectivity index (χ0) is 11.0. The van der Waals surface area contributed by atoms with Gasteiger partial charge in [-0.1, -0.05) is 6.92 Å². The summed E-state index contributed by atoms with van der Waals surface area (Å²) in [4.78, 5) is 22.7. The van der Waals surface area contributed by atoms with Crippen molar-refractivity contribution in [2.75, 3.05) is 6.61 Å². The number of ether oxygens (including phenoxy) is 2. The van der Waals surface area contributed by atoms with E-state index in [2.05, 4.69) is 0 Å². The molecule has 1 aliphatic rings. The van der Waals surface area contributed by atoms with Gasteiger partial charge in [-0.05, 0) is 20.3 Å². The highest BCUT2D eigenvalue weighted by atomic mass is 16.7. The number of esters is 1. The third-order valence-electron chi connectivity index (χ3n) is 2.67. The lowest BCUT2D eigenvalue weighted by Gasteiger charge is -2.10. The van der Waals surface area contributed by atoms with Crippen molar-refractivity contribution in [2.24, 2.45) is 5.73 Å². The Morgan fingerprint density at radius 2 is 2.00 bits per heavy atom. The van der Waals surface area contributed by atoms with Crippen LogP contribution in [0.4, 0.5) is 0 Å². The van der Waals surface area contributed by atoms with Gasteiger partial charge in [0.2, 0.25) is 0 Å². The Morgan fingerprint density at radius 3 is 2.29 bits per heavy atom. The molecule has 5 heteroatoms. The molecule has 0 aromatic rings. The quantitative estimate of drug-likeness (QED) is 0.393. The van der Waals surface area contributed by atoms with E-state index in [1.807, 2.05) is 6.92 Å². The van der Waals surface area contributed by atoms with Crippen molar-refractivity contribution in [2.45, 2.75) is 38.4 Å². The molecule has 0 aliphatic carbocycles. The van der Waals surface area contributed by atoms with E-state index in [1.54, 1.807) is 13.8 Å². The molecule has 0 saturated carbocycles. The minimum atomic E-state index is -1.56. The first-order valence-corrected chi connectivity index (χ1v) is 4.62. The Hall–Kier alpha value is -1.10. The molecule has 0 aromatic heterocycles. The second-order valence-electron chi connectivity index (χ2n) is 3.45. The molecule has 0 radical (unpaired) electrons. The van der Waals surface area contributed by atoms with E-state index in [0.717, 1.165) is 0 Å². The fraction of sp³-hybridized carbons (Fsp3) is 0.778. The predicted molar refractivity (Wildman–Crippen MR) is 48.3 cm³/mol. The normalized spacial score (nSPS) is 35.1. The molecular formula is C9H15NO4. The zero-order valence-electron chi connectivity index (χ0n) is 8.62. The van der Waals surface area contributed by atoms with Crippen LogP contribution in [-0.2, 0) is 19.1 Å². The fourth-order valence-electron chi connectivity index (χ4n) is 1.54. The van der Waals surface area contributed by atoms with Gasteiger partial charge in [-0.2, -0.15) is 0 Å². The minimum absolute atomic E-state index is 0.205. The van der Waals surface area contributed by atoms with Crippen molar-refractivity contribution >= 4 is 11.9 Å². The molecular weight excluding hydrogens is 186 g/mol. The summed E-state index contributed by atoms with van der Waals surface area (Å²) in [5, 5.41) is 0. The summed E-state index contributed by atoms with van der Waals surface area (Å²) in [6.07, 6.45) is 0.536. The van der Waals surface area contributed by atoms with Crippen LogP contribution >= 0.6 is 0 Å². The van der Waals surface area contributed by atoms with Crippen LogP contribution in [0.25, 0.3) is 0 Å². The van der Waals surface area contributed by atoms with E-state index < -0.39 is 23.1 Å². The highest BCUT2D eigenvalue weighted by Gasteiger charge is 2.76. The lowest BCUT2D eigenvalue weighted by atomic mass is 9.91. The summed E-state index contributed by atoms with van der Waals surface area (Å²) in [6, 6.07) is 0. The van der Waals surface area contributed by atoms with Crippen LogP contribution in [0.3, 0.4) is 0 Å². The van der Waals surface area contributed by atoms with Gasteiger partial charge < -0.3 is 15.2 Å². The van der Waals surface area contributed by atoms with Crippen molar-refractivity contribution in [1.29, 1.82) is 0 Å². The van der Waals surface area contributed by atoms with E-state index in [9.17, 15) is 9.59 Å². The molecule has 1 rings (SSSR count). The Morgan fingerprint density at radius 1 is 1.43 bits per heavy atom. The molecule has 80 valence electrons. The SMILES string of the molecule is CCOC(=O)C1(C(N)=O)OC1(C)CC. The summed E-state index contributed by atoms with van der Waals surface area (Å²) < 4.78 is 9.93. The molecule has 0 bridgehead atoms. The highest BCUT2D eigenvalue weighted by Crippen LogP contribution is 2.50. The average Bonchev–Trinajstić information content (AvgIpc) is 2.75. The van der Waals surface area contributed by atoms with E-state index in [0.29, 0.717) is 6.42 Å². The predicted octanol–water partition coefficient (Wildman–Crippen LogP) is -0.0275. The van der Waals surface area contributed by atoms with Gasteiger partial charge in [-0.3, -0.25) is 4.79 Å². The maximum atomic E-state index is 11.5. The van der Waals surface area contributed by atoms with E-state index >= 15 is 0 Å². The first-order valence-electron chi connectivity index (χ1n) is 4.62. The first kappa shape index (κ1) is 11.0. The second kappa shape index (κ2) is 3.24. The lowest BCUT2D eigenvalue weighted by Crippen LogP contribution is -2.46. The van der Waals surface area contributed by atoms with E-state index in [1.165, 1.54) is 0 Å². The second-order valence-corrected chi connectivity index (χ2v) is 3.45. The van der Waals surface area contributed by atoms with Crippen LogP contribution in [0.1, 0.15) is 27.2 Å². The van der Waals surface area contributed by atoms with Gasteiger partial charge in [0, 0.05) is 0 Å². The number of rotatable bonds is 4. The molecule has 1 fully saturated rings. The van der Waals surface area contributed by atoms with Crippen LogP contribution < -0.4 is 5.73 Å². The van der Waals surface area contributed by atoms with Crippen molar-refractivity contribution in [3.8, 4) is 0 Å². The number of amides is 1. The van der Waals surface area contributed by atoms with Crippen LogP contribution in [0.5, 0.6) is 0 Å². The molecule has 2 unspecified atom stereocenters. The number of carbonyl (C=O) groups is 2. The van der Waals surface area contributed by atoms with Crippen molar-refractivity contribution in [1.82, 2.24) is 0 Å². The van der Waals surface area contributed by atoms with Crippen molar-refractivity contribution < 1.29 is 19.1 Å². The standard InChI is InChI=1S/C9H15NO4/c1-4-8(3)9(14-8,6(10)11)7(12)13-5-2/h4-5H2,1-3H3,(H2,10,11). The Bertz CT molecular complexity index is 278. The smallest absolute Gasteiger partial charge is 0.351 e. The number of primary amides is 1. The molecule has 1 saturated heterocycles. The topological polar surface area (TPSA) is 81.9 Å². The molecule has 0 aromatic carbocycles. The number of carbonyl (C=O) groups excluding carboxylic acids is 2. The van der Waals surface area contributed by atoms with Gasteiger partial charge in [-0.25, -0.2) is 4.79 Å². The summed E-state index contributed by atoms with van der Waals surface area (Å²) in [6.45, 7) is 5.37. The molecule has 14 heavy (non-hydrogen) atoms. The number of epoxide rings is 1. The third kappa shape index (κ3) is 1.19. The van der Waals surface area contributed by atoms with Gasteiger partial charge in [0.1, 0.15) is 5.60 Å². The van der Waals surface area contributed by atoms with Crippen molar-refractivity contribution in [3.05, 3.63) is 0 Å². The molecule has 1 heterocycles. The number of nitrogens with two attached hydrogens (primary N) is 1. The maximum Gasteiger partial charge on any atom is 0.351 e. The summed E-state index contributed by atoms with van der Waals surface area (Å²) in [5.41, 5.74) is 2.79. The molecule has 5 nitrogen and oxygen atoms in total. The highest BCUT2D eigenvalue weighted by molar-refractivity contribution is 6.10. The van der Waals surface area contributed by atoms with Gasteiger partial charge >= 0.3 is 5.97 Å². The van der Waals surface area contributed by atoms with Gasteiger partial charge in [0.25, 0.3) is 11.5 Å². The maximum absolute atomic E-state index is 11.5. The number of hydrogen-bond acceptors (Lipinski definition) is 4. The summed E-state index contributed by atoms with van der Waals surface area (Å²) >= 11 is 0. The Labute approximate surface area is 82.5 Å². The average molecular weight is 201 g/mol. The Kier molecular flexibility index (Phi) is 2.54. The van der Waals surface area contributed by atoms with Crippen LogP contribution in [-0.4, -0.2) is 29.7 Å². The van der Waals surface area contributed by atoms with Gasteiger partial charge in [0.05, 0.1) is 6.61 Å². The monoisotopic (exact) mass is 201 g/mol. The van der Waals surface area contributed by atoms with Crippen LogP contribution in [0, 0.1) is 0 Å². The van der Waals surface area contributed by atoms with Crippen molar-refractivity contribution in [3.63, 3.8) is 0 Å². The van der Waals surface area contributed by atoms with E-state index in [4.69, 9.17) is 15.2 Å². The molecule has 0 spiro atoms. The fourth-order valence-corrected chi connectivity index (χ4v) is 1.54. The summed E-state index contributed by atoms with van der Waals surface area (Å²) in [7, 11) is 0.